The molecule has 1 aromatic heterocycles. The van der Waals surface area contributed by atoms with Crippen LogP contribution in [0.1, 0.15) is 48.5 Å². The van der Waals surface area contributed by atoms with Crippen molar-refractivity contribution >= 4 is 39.9 Å². The van der Waals surface area contributed by atoms with Gasteiger partial charge in [0.15, 0.2) is 10.9 Å². The van der Waals surface area contributed by atoms with Crippen LogP contribution in [0.25, 0.3) is 0 Å². The second-order valence-electron chi connectivity index (χ2n) is 8.81. The number of Topliss-reactive ketones (excluding diaryl/α,β-unsaturated/α-hetero) is 1. The molecule has 3 amide bonds. The Morgan fingerprint density at radius 2 is 1.93 bits per heavy atom. The number of thiazole rings is 1. The monoisotopic (exact) mass is 426 g/mol. The molecule has 7 nitrogen and oxygen atoms in total. The molecule has 2 aromatic rings. The van der Waals surface area contributed by atoms with Gasteiger partial charge in [-0.1, -0.05) is 43.4 Å². The molecule has 158 valence electrons. The van der Waals surface area contributed by atoms with Crippen molar-refractivity contribution < 1.29 is 14.4 Å². The highest BCUT2D eigenvalue weighted by atomic mass is 32.1. The number of rotatable bonds is 3. The molecule has 1 aliphatic heterocycles. The summed E-state index contributed by atoms with van der Waals surface area (Å²) in [5.74, 6) is -0.348. The Bertz CT molecular complexity index is 970. The van der Waals surface area contributed by atoms with Crippen LogP contribution in [0.15, 0.2) is 30.3 Å². The minimum atomic E-state index is -0.298. The number of likely N-dealkylation sites (tertiary alicyclic amines) is 1. The molecule has 2 heterocycles. The van der Waals surface area contributed by atoms with Crippen LogP contribution >= 0.6 is 11.3 Å². The fourth-order valence-electron chi connectivity index (χ4n) is 4.08. The second kappa shape index (κ2) is 8.18. The SMILES string of the molecule is CC1(C)CC(=O)c2sc(NC(=O)[C@@H]3CCCN(C(=O)Nc4ccccc4)C3)nc2C1. The maximum atomic E-state index is 12.8. The molecule has 30 heavy (non-hydrogen) atoms. The fraction of sp³-hybridized carbons (Fsp3) is 0.455. The number of fused-ring (bicyclic) bond motifs is 1. The summed E-state index contributed by atoms with van der Waals surface area (Å²) in [5.41, 5.74) is 1.41. The first-order valence-corrected chi connectivity index (χ1v) is 11.1. The van der Waals surface area contributed by atoms with Gasteiger partial charge < -0.3 is 15.5 Å². The molecular formula is C22H26N4O3S. The maximum Gasteiger partial charge on any atom is 0.321 e. The van der Waals surface area contributed by atoms with Gasteiger partial charge in [0.25, 0.3) is 0 Å². The number of benzene rings is 1. The summed E-state index contributed by atoms with van der Waals surface area (Å²) in [5, 5.41) is 6.23. The van der Waals surface area contributed by atoms with Crippen molar-refractivity contribution in [3.8, 4) is 0 Å². The molecule has 1 atom stereocenters. The van der Waals surface area contributed by atoms with E-state index < -0.39 is 0 Å². The number of carbonyl (C=O) groups is 3. The number of anilines is 2. The van der Waals surface area contributed by atoms with E-state index in [0.29, 0.717) is 29.5 Å². The molecule has 8 heteroatoms. The van der Waals surface area contributed by atoms with Crippen LogP contribution in [0.5, 0.6) is 0 Å². The van der Waals surface area contributed by atoms with Crippen molar-refractivity contribution in [3.05, 3.63) is 40.9 Å². The van der Waals surface area contributed by atoms with Gasteiger partial charge >= 0.3 is 6.03 Å². The summed E-state index contributed by atoms with van der Waals surface area (Å²) in [6, 6.07) is 9.08. The maximum absolute atomic E-state index is 12.8. The van der Waals surface area contributed by atoms with Gasteiger partial charge in [0, 0.05) is 25.2 Å². The van der Waals surface area contributed by atoms with Crippen molar-refractivity contribution in [3.63, 3.8) is 0 Å². The average molecular weight is 427 g/mol. The van der Waals surface area contributed by atoms with Crippen molar-refractivity contribution in [2.24, 2.45) is 11.3 Å². The van der Waals surface area contributed by atoms with Crippen LogP contribution in [-0.2, 0) is 11.2 Å². The van der Waals surface area contributed by atoms with E-state index in [1.54, 1.807) is 4.90 Å². The Kier molecular flexibility index (Phi) is 5.60. The Labute approximate surface area is 179 Å². The predicted molar refractivity (Wildman–Crippen MR) is 117 cm³/mol. The van der Waals surface area contributed by atoms with Crippen molar-refractivity contribution in [2.75, 3.05) is 23.7 Å². The molecule has 0 unspecified atom stereocenters. The topological polar surface area (TPSA) is 91.4 Å². The molecule has 0 bridgehead atoms. The second-order valence-corrected chi connectivity index (χ2v) is 9.81. The quantitative estimate of drug-likeness (QED) is 0.770. The number of nitrogens with one attached hydrogen (secondary N) is 2. The van der Waals surface area contributed by atoms with Gasteiger partial charge in [0.2, 0.25) is 5.91 Å². The summed E-state index contributed by atoms with van der Waals surface area (Å²) < 4.78 is 0. The first-order chi connectivity index (χ1) is 14.3. The van der Waals surface area contributed by atoms with E-state index in [9.17, 15) is 14.4 Å². The average Bonchev–Trinajstić information content (AvgIpc) is 3.10. The zero-order valence-corrected chi connectivity index (χ0v) is 18.1. The summed E-state index contributed by atoms with van der Waals surface area (Å²) in [7, 11) is 0. The molecule has 0 saturated carbocycles. The number of carbonyl (C=O) groups excluding carboxylic acids is 3. The lowest BCUT2D eigenvalue weighted by Crippen LogP contribution is -2.45. The van der Waals surface area contributed by atoms with Crippen molar-refractivity contribution in [1.82, 2.24) is 9.88 Å². The lowest BCUT2D eigenvalue weighted by atomic mass is 9.78. The van der Waals surface area contributed by atoms with Crippen LogP contribution in [-0.4, -0.2) is 40.7 Å². The van der Waals surface area contributed by atoms with E-state index in [0.717, 1.165) is 30.6 Å². The van der Waals surface area contributed by atoms with Gasteiger partial charge in [-0.05, 0) is 36.8 Å². The minimum absolute atomic E-state index is 0.0978. The lowest BCUT2D eigenvalue weighted by molar-refractivity contribution is -0.121. The fourth-order valence-corrected chi connectivity index (χ4v) is 5.00. The van der Waals surface area contributed by atoms with Crippen LogP contribution in [0.3, 0.4) is 0 Å². The van der Waals surface area contributed by atoms with Gasteiger partial charge in [-0.25, -0.2) is 9.78 Å². The molecule has 1 aromatic carbocycles. The first-order valence-electron chi connectivity index (χ1n) is 10.3. The van der Waals surface area contributed by atoms with Gasteiger partial charge in [0.05, 0.1) is 16.5 Å². The highest BCUT2D eigenvalue weighted by Crippen LogP contribution is 2.38. The number of hydrogen-bond donors (Lipinski definition) is 2. The molecular weight excluding hydrogens is 400 g/mol. The minimum Gasteiger partial charge on any atom is -0.324 e. The summed E-state index contributed by atoms with van der Waals surface area (Å²) in [6.45, 7) is 5.10. The van der Waals surface area contributed by atoms with E-state index in [-0.39, 0.29) is 29.1 Å². The van der Waals surface area contributed by atoms with Gasteiger partial charge in [-0.2, -0.15) is 0 Å². The Morgan fingerprint density at radius 1 is 1.17 bits per heavy atom. The Balaban J connectivity index is 1.38. The summed E-state index contributed by atoms with van der Waals surface area (Å²) >= 11 is 1.26. The molecule has 1 saturated heterocycles. The number of amides is 3. The van der Waals surface area contributed by atoms with Crippen molar-refractivity contribution in [2.45, 2.75) is 39.5 Å². The molecule has 1 aliphatic carbocycles. The van der Waals surface area contributed by atoms with Crippen molar-refractivity contribution in [1.29, 1.82) is 0 Å². The molecule has 1 fully saturated rings. The van der Waals surface area contributed by atoms with Gasteiger partial charge in [0.1, 0.15) is 0 Å². The number of piperidine rings is 1. The van der Waals surface area contributed by atoms with Crippen LogP contribution in [0.4, 0.5) is 15.6 Å². The van der Waals surface area contributed by atoms with Gasteiger partial charge in [-0.3, -0.25) is 9.59 Å². The van der Waals surface area contributed by atoms with E-state index >= 15 is 0 Å². The molecule has 4 rings (SSSR count). The third kappa shape index (κ3) is 4.53. The number of hydrogen-bond acceptors (Lipinski definition) is 5. The largest absolute Gasteiger partial charge is 0.324 e. The number of para-hydroxylation sites is 1. The first kappa shape index (κ1) is 20.5. The number of ketones is 1. The predicted octanol–water partition coefficient (Wildman–Crippen LogP) is 4.18. The third-order valence-electron chi connectivity index (χ3n) is 5.57. The summed E-state index contributed by atoms with van der Waals surface area (Å²) in [4.78, 5) is 44.6. The number of nitrogens with zero attached hydrogens (tertiary/aromatic N) is 2. The van der Waals surface area contributed by atoms with Gasteiger partial charge in [-0.15, -0.1) is 0 Å². The van der Waals surface area contributed by atoms with Crippen LogP contribution < -0.4 is 10.6 Å². The zero-order valence-electron chi connectivity index (χ0n) is 17.2. The highest BCUT2D eigenvalue weighted by molar-refractivity contribution is 7.17. The lowest BCUT2D eigenvalue weighted by Gasteiger charge is -2.31. The standard InChI is InChI=1S/C22H26N4O3S/c1-22(2)11-16-18(17(27)12-22)30-20(24-16)25-19(28)14-7-6-10-26(13-14)21(29)23-15-8-4-3-5-9-15/h3-5,8-9,14H,6-7,10-13H2,1-2H3,(H,23,29)(H,24,25,28)/t14-/m1/s1. The summed E-state index contributed by atoms with van der Waals surface area (Å²) in [6.07, 6.45) is 2.72. The molecule has 2 N–H and O–H groups in total. The normalized spacial score (nSPS) is 20.4. The van der Waals surface area contributed by atoms with E-state index in [2.05, 4.69) is 29.5 Å². The highest BCUT2D eigenvalue weighted by Gasteiger charge is 2.35. The molecule has 0 radical (unpaired) electrons. The molecule has 2 aliphatic rings. The Morgan fingerprint density at radius 3 is 2.70 bits per heavy atom. The smallest absolute Gasteiger partial charge is 0.321 e. The number of aromatic nitrogens is 1. The molecule has 0 spiro atoms. The van der Waals surface area contributed by atoms with E-state index in [1.165, 1.54) is 11.3 Å². The Hall–Kier alpha value is -2.74. The van der Waals surface area contributed by atoms with E-state index in [1.807, 2.05) is 30.3 Å². The zero-order chi connectivity index (χ0) is 21.3. The van der Waals surface area contributed by atoms with Crippen LogP contribution in [0.2, 0.25) is 0 Å². The van der Waals surface area contributed by atoms with Crippen LogP contribution in [0, 0.1) is 11.3 Å². The number of urea groups is 1. The van der Waals surface area contributed by atoms with E-state index in [4.69, 9.17) is 0 Å². The third-order valence-corrected chi connectivity index (χ3v) is 6.62.